The fraction of sp³-hybridized carbons (Fsp3) is 0.611. The number of nitrogens with zero attached hydrogens (tertiary/aromatic N) is 1. The van der Waals surface area contributed by atoms with Crippen LogP contribution < -0.4 is 10.6 Å². The molecule has 0 amide bonds. The van der Waals surface area contributed by atoms with Gasteiger partial charge < -0.3 is 15.7 Å². The van der Waals surface area contributed by atoms with Gasteiger partial charge in [0.2, 0.25) is 0 Å². The minimum Gasteiger partial charge on any atom is -0.388 e. The van der Waals surface area contributed by atoms with Crippen LogP contribution in [0.5, 0.6) is 0 Å². The number of halogens is 3. The largest absolute Gasteiger partial charge is 0.388 e. The normalized spacial score (nSPS) is 18.2. The first-order valence-electron chi connectivity index (χ1n) is 8.66. The Kier molecular flexibility index (Phi) is 9.06. The van der Waals surface area contributed by atoms with Crippen molar-refractivity contribution in [1.82, 2.24) is 10.6 Å². The van der Waals surface area contributed by atoms with E-state index in [-0.39, 0.29) is 30.0 Å². The van der Waals surface area contributed by atoms with E-state index >= 15 is 0 Å². The Morgan fingerprint density at radius 2 is 1.96 bits per heavy atom. The summed E-state index contributed by atoms with van der Waals surface area (Å²) in [7, 11) is 0. The Labute approximate surface area is 165 Å². The number of guanidine groups is 1. The van der Waals surface area contributed by atoms with Crippen LogP contribution in [0.1, 0.15) is 57.6 Å². The average molecular weight is 467 g/mol. The van der Waals surface area contributed by atoms with Gasteiger partial charge in [-0.15, -0.1) is 24.0 Å². The first-order valence-corrected chi connectivity index (χ1v) is 8.66. The quantitative estimate of drug-likeness (QED) is 0.350. The summed E-state index contributed by atoms with van der Waals surface area (Å²) in [6.45, 7) is 4.71. The predicted molar refractivity (Wildman–Crippen MR) is 107 cm³/mol. The zero-order valence-corrected chi connectivity index (χ0v) is 17.1. The molecule has 0 saturated heterocycles. The van der Waals surface area contributed by atoms with Crippen molar-refractivity contribution in [3.8, 4) is 0 Å². The van der Waals surface area contributed by atoms with Gasteiger partial charge in [-0.2, -0.15) is 0 Å². The van der Waals surface area contributed by atoms with Crippen molar-refractivity contribution in [3.63, 3.8) is 0 Å². The lowest BCUT2D eigenvalue weighted by Gasteiger charge is -2.30. The van der Waals surface area contributed by atoms with E-state index in [9.17, 15) is 13.9 Å². The fourth-order valence-corrected chi connectivity index (χ4v) is 3.05. The molecule has 7 heteroatoms. The van der Waals surface area contributed by atoms with E-state index in [0.29, 0.717) is 24.6 Å². The van der Waals surface area contributed by atoms with E-state index in [1.807, 2.05) is 6.92 Å². The van der Waals surface area contributed by atoms with Crippen LogP contribution in [0, 0.1) is 11.6 Å². The molecule has 2 rings (SSSR count). The highest BCUT2D eigenvalue weighted by atomic mass is 127. The maximum absolute atomic E-state index is 13.9. The van der Waals surface area contributed by atoms with Gasteiger partial charge in [0.05, 0.1) is 18.2 Å². The van der Waals surface area contributed by atoms with E-state index in [1.165, 1.54) is 12.1 Å². The van der Waals surface area contributed by atoms with Gasteiger partial charge in [-0.3, -0.25) is 4.99 Å². The smallest absolute Gasteiger partial charge is 0.191 e. The highest BCUT2D eigenvalue weighted by Crippen LogP contribution is 2.28. The Morgan fingerprint density at radius 1 is 1.28 bits per heavy atom. The molecule has 0 heterocycles. The molecule has 1 aliphatic rings. The molecule has 3 N–H and O–H groups in total. The number of rotatable bonds is 5. The monoisotopic (exact) mass is 467 g/mol. The molecule has 142 valence electrons. The standard InChI is InChI=1S/C18H27F2N3O.HI/c1-3-21-17(22-12-18(24)9-5-4-6-10-18)23-13(2)15-8-7-14(19)11-16(15)20;/h7-8,11,13,24H,3-6,9-10,12H2,1-2H3,(H2,21,22,23);1H. The fourth-order valence-electron chi connectivity index (χ4n) is 3.05. The summed E-state index contributed by atoms with van der Waals surface area (Å²) < 4.78 is 26.9. The van der Waals surface area contributed by atoms with Crippen molar-refractivity contribution in [3.05, 3.63) is 35.4 Å². The molecule has 1 unspecified atom stereocenters. The van der Waals surface area contributed by atoms with Crippen LogP contribution in [0.3, 0.4) is 0 Å². The summed E-state index contributed by atoms with van der Waals surface area (Å²) in [5, 5.41) is 16.8. The summed E-state index contributed by atoms with van der Waals surface area (Å²) in [6.07, 6.45) is 4.72. The van der Waals surface area contributed by atoms with Gasteiger partial charge in [-0.05, 0) is 32.8 Å². The predicted octanol–water partition coefficient (Wildman–Crippen LogP) is 3.89. The SMILES string of the molecule is CCNC(=NCC1(O)CCCCC1)NC(C)c1ccc(F)cc1F.I. The minimum absolute atomic E-state index is 0. The zero-order chi connectivity index (χ0) is 17.6. The zero-order valence-electron chi connectivity index (χ0n) is 14.8. The number of aliphatic imine (C=N–C) groups is 1. The molecular weight excluding hydrogens is 439 g/mol. The van der Waals surface area contributed by atoms with Crippen LogP contribution in [0.2, 0.25) is 0 Å². The topological polar surface area (TPSA) is 56.7 Å². The molecule has 4 nitrogen and oxygen atoms in total. The van der Waals surface area contributed by atoms with E-state index < -0.39 is 17.2 Å². The third kappa shape index (κ3) is 6.69. The number of hydrogen-bond acceptors (Lipinski definition) is 2. The summed E-state index contributed by atoms with van der Waals surface area (Å²) >= 11 is 0. The van der Waals surface area contributed by atoms with Crippen LogP contribution in [-0.2, 0) is 0 Å². The maximum Gasteiger partial charge on any atom is 0.191 e. The third-order valence-corrected chi connectivity index (χ3v) is 4.44. The van der Waals surface area contributed by atoms with Crippen LogP contribution in [0.25, 0.3) is 0 Å². The van der Waals surface area contributed by atoms with Gasteiger partial charge in [0.15, 0.2) is 5.96 Å². The van der Waals surface area contributed by atoms with Crippen molar-refractivity contribution in [2.75, 3.05) is 13.1 Å². The number of hydrogen-bond donors (Lipinski definition) is 3. The molecule has 1 aromatic rings. The molecular formula is C18H28F2IN3O. The molecule has 25 heavy (non-hydrogen) atoms. The second-order valence-corrected chi connectivity index (χ2v) is 6.51. The molecule has 1 aromatic carbocycles. The van der Waals surface area contributed by atoms with Crippen molar-refractivity contribution in [2.24, 2.45) is 4.99 Å². The lowest BCUT2D eigenvalue weighted by atomic mass is 9.85. The molecule has 0 bridgehead atoms. The van der Waals surface area contributed by atoms with Gasteiger partial charge in [0.25, 0.3) is 0 Å². The van der Waals surface area contributed by atoms with Crippen molar-refractivity contribution >= 4 is 29.9 Å². The summed E-state index contributed by atoms with van der Waals surface area (Å²) in [6, 6.07) is 3.18. The van der Waals surface area contributed by atoms with Crippen LogP contribution >= 0.6 is 24.0 Å². The van der Waals surface area contributed by atoms with Crippen LogP contribution in [-0.4, -0.2) is 29.8 Å². The first-order chi connectivity index (χ1) is 11.4. The average Bonchev–Trinajstić information content (AvgIpc) is 2.53. The lowest BCUT2D eigenvalue weighted by Crippen LogP contribution is -2.41. The minimum atomic E-state index is -0.745. The summed E-state index contributed by atoms with van der Waals surface area (Å²) in [4.78, 5) is 4.47. The molecule has 0 aliphatic heterocycles. The lowest BCUT2D eigenvalue weighted by molar-refractivity contribution is 0.0131. The Morgan fingerprint density at radius 3 is 2.56 bits per heavy atom. The van der Waals surface area contributed by atoms with E-state index in [0.717, 1.165) is 38.2 Å². The molecule has 0 radical (unpaired) electrons. The number of aliphatic hydroxyl groups is 1. The number of nitrogens with one attached hydrogen (secondary N) is 2. The number of benzene rings is 1. The molecule has 0 aromatic heterocycles. The molecule has 1 fully saturated rings. The van der Waals surface area contributed by atoms with Crippen molar-refractivity contribution in [1.29, 1.82) is 0 Å². The van der Waals surface area contributed by atoms with Crippen molar-refractivity contribution in [2.45, 2.75) is 57.6 Å². The van der Waals surface area contributed by atoms with Gasteiger partial charge in [0.1, 0.15) is 11.6 Å². The van der Waals surface area contributed by atoms with Gasteiger partial charge in [-0.1, -0.05) is 25.3 Å². The molecule has 1 saturated carbocycles. The Balaban J connectivity index is 0.00000312. The molecule has 0 spiro atoms. The molecule has 1 aliphatic carbocycles. The highest BCUT2D eigenvalue weighted by molar-refractivity contribution is 14.0. The maximum atomic E-state index is 13.9. The second-order valence-electron chi connectivity index (χ2n) is 6.51. The van der Waals surface area contributed by atoms with E-state index in [1.54, 1.807) is 6.92 Å². The molecule has 1 atom stereocenters. The van der Waals surface area contributed by atoms with Crippen LogP contribution in [0.15, 0.2) is 23.2 Å². The van der Waals surface area contributed by atoms with E-state index in [2.05, 4.69) is 15.6 Å². The van der Waals surface area contributed by atoms with Crippen molar-refractivity contribution < 1.29 is 13.9 Å². The Bertz CT molecular complexity index is 577. The van der Waals surface area contributed by atoms with E-state index in [4.69, 9.17) is 0 Å². The second kappa shape index (κ2) is 10.3. The van der Waals surface area contributed by atoms with Gasteiger partial charge >= 0.3 is 0 Å². The first kappa shape index (κ1) is 22.1. The van der Waals surface area contributed by atoms with Gasteiger partial charge in [-0.25, -0.2) is 8.78 Å². The Hall–Kier alpha value is -0.960. The summed E-state index contributed by atoms with van der Waals surface area (Å²) in [5.41, 5.74) is -0.372. The third-order valence-electron chi connectivity index (χ3n) is 4.44. The van der Waals surface area contributed by atoms with Gasteiger partial charge in [0, 0.05) is 18.2 Å². The van der Waals surface area contributed by atoms with Crippen LogP contribution in [0.4, 0.5) is 8.78 Å². The highest BCUT2D eigenvalue weighted by Gasteiger charge is 2.29. The summed E-state index contributed by atoms with van der Waals surface area (Å²) in [5.74, 6) is -0.659.